The monoisotopic (exact) mass is 216 g/mol. The Morgan fingerprint density at radius 1 is 1.31 bits per heavy atom. The van der Waals surface area contributed by atoms with Gasteiger partial charge in [0.05, 0.1) is 0 Å². The number of hydrogen-bond acceptors (Lipinski definition) is 2. The topological polar surface area (TPSA) is 30.2 Å². The molecule has 0 N–H and O–H groups in total. The summed E-state index contributed by atoms with van der Waals surface area (Å²) in [5.41, 5.74) is 2.03. The molecule has 2 nitrogen and oxygen atoms in total. The van der Waals surface area contributed by atoms with Crippen molar-refractivity contribution in [2.45, 2.75) is 33.1 Å². The van der Waals surface area contributed by atoms with E-state index in [9.17, 15) is 4.79 Å². The van der Waals surface area contributed by atoms with Crippen LogP contribution in [0.2, 0.25) is 0 Å². The van der Waals surface area contributed by atoms with Crippen molar-refractivity contribution in [2.75, 3.05) is 0 Å². The maximum Gasteiger partial charge on any atom is 0.198 e. The van der Waals surface area contributed by atoms with Crippen LogP contribution in [0.5, 0.6) is 0 Å². The second-order valence-electron chi connectivity index (χ2n) is 3.97. The molecule has 2 rings (SSSR count). The third-order valence-electron chi connectivity index (χ3n) is 2.76. The molecule has 0 aliphatic heterocycles. The number of para-hydroxylation sites is 1. The zero-order valence-electron chi connectivity index (χ0n) is 9.75. The summed E-state index contributed by atoms with van der Waals surface area (Å²) in [5, 5.41) is 1.03. The molecule has 2 heteroatoms. The average Bonchev–Trinajstić information content (AvgIpc) is 2.72. The van der Waals surface area contributed by atoms with Crippen molar-refractivity contribution in [2.24, 2.45) is 0 Å². The van der Waals surface area contributed by atoms with E-state index in [1.54, 1.807) is 0 Å². The molecule has 0 atom stereocenters. The molecule has 1 aromatic heterocycles. The van der Waals surface area contributed by atoms with Crippen molar-refractivity contribution in [3.05, 3.63) is 35.6 Å². The first-order valence-corrected chi connectivity index (χ1v) is 5.81. The maximum absolute atomic E-state index is 11.7. The van der Waals surface area contributed by atoms with Gasteiger partial charge in [-0.3, -0.25) is 4.79 Å². The standard InChI is InChI=1S/C14H16O2/c1-3-6-12(15)13-9-11-8-5-7-10(4-2)14(11)16-13/h5,7-9H,3-4,6H2,1-2H3. The van der Waals surface area contributed by atoms with Crippen LogP contribution in [-0.2, 0) is 6.42 Å². The van der Waals surface area contributed by atoms with Crippen LogP contribution in [0.25, 0.3) is 11.0 Å². The molecule has 16 heavy (non-hydrogen) atoms. The molecule has 0 saturated carbocycles. The summed E-state index contributed by atoms with van der Waals surface area (Å²) in [4.78, 5) is 11.7. The van der Waals surface area contributed by atoms with E-state index in [4.69, 9.17) is 4.42 Å². The molecule has 2 aromatic rings. The van der Waals surface area contributed by atoms with Gasteiger partial charge in [0.2, 0.25) is 0 Å². The Labute approximate surface area is 95.3 Å². The van der Waals surface area contributed by atoms with E-state index in [0.717, 1.165) is 29.4 Å². The van der Waals surface area contributed by atoms with Gasteiger partial charge in [-0.15, -0.1) is 0 Å². The summed E-state index contributed by atoms with van der Waals surface area (Å²) in [5.74, 6) is 0.596. The Hall–Kier alpha value is -1.57. The maximum atomic E-state index is 11.7. The highest BCUT2D eigenvalue weighted by Crippen LogP contribution is 2.24. The predicted octanol–water partition coefficient (Wildman–Crippen LogP) is 3.98. The van der Waals surface area contributed by atoms with Crippen molar-refractivity contribution >= 4 is 16.8 Å². The summed E-state index contributed by atoms with van der Waals surface area (Å²) in [6.45, 7) is 4.09. The van der Waals surface area contributed by atoms with Crippen LogP contribution in [0.3, 0.4) is 0 Å². The van der Waals surface area contributed by atoms with Crippen LogP contribution in [-0.4, -0.2) is 5.78 Å². The smallest absolute Gasteiger partial charge is 0.198 e. The number of hydrogen-bond donors (Lipinski definition) is 0. The number of aryl methyl sites for hydroxylation is 1. The first-order chi connectivity index (χ1) is 7.76. The van der Waals surface area contributed by atoms with E-state index in [2.05, 4.69) is 6.92 Å². The SMILES string of the molecule is CCCC(=O)c1cc2cccc(CC)c2o1. The lowest BCUT2D eigenvalue weighted by Gasteiger charge is -1.96. The van der Waals surface area contributed by atoms with Crippen LogP contribution >= 0.6 is 0 Å². The molecule has 84 valence electrons. The van der Waals surface area contributed by atoms with Gasteiger partial charge in [0.1, 0.15) is 5.58 Å². The number of rotatable bonds is 4. The van der Waals surface area contributed by atoms with Gasteiger partial charge in [-0.25, -0.2) is 0 Å². The van der Waals surface area contributed by atoms with Gasteiger partial charge in [0.25, 0.3) is 0 Å². The van der Waals surface area contributed by atoms with E-state index in [1.165, 1.54) is 0 Å². The normalized spacial score (nSPS) is 10.9. The quantitative estimate of drug-likeness (QED) is 0.723. The molecule has 0 amide bonds. The predicted molar refractivity (Wildman–Crippen MR) is 64.8 cm³/mol. The van der Waals surface area contributed by atoms with Gasteiger partial charge in [-0.05, 0) is 24.5 Å². The highest BCUT2D eigenvalue weighted by molar-refractivity contribution is 5.98. The van der Waals surface area contributed by atoms with Gasteiger partial charge >= 0.3 is 0 Å². The Morgan fingerprint density at radius 3 is 2.81 bits per heavy atom. The number of carbonyl (C=O) groups excluding carboxylic acids is 1. The molecule has 1 heterocycles. The zero-order chi connectivity index (χ0) is 11.5. The summed E-state index contributed by atoms with van der Waals surface area (Å²) in [6.07, 6.45) is 2.34. The van der Waals surface area contributed by atoms with E-state index in [1.807, 2.05) is 31.2 Å². The Balaban J connectivity index is 2.47. The lowest BCUT2D eigenvalue weighted by molar-refractivity contribution is 0.0957. The molecule has 0 saturated heterocycles. The summed E-state index contributed by atoms with van der Waals surface area (Å²) >= 11 is 0. The van der Waals surface area contributed by atoms with Crippen molar-refractivity contribution in [3.8, 4) is 0 Å². The Kier molecular flexibility index (Phi) is 3.09. The number of Topliss-reactive ketones (excluding diaryl/α,β-unsaturated/α-hetero) is 1. The van der Waals surface area contributed by atoms with Gasteiger partial charge in [0.15, 0.2) is 11.5 Å². The number of ketones is 1. The Bertz CT molecular complexity index is 508. The second kappa shape index (κ2) is 4.52. The van der Waals surface area contributed by atoms with Crippen LogP contribution < -0.4 is 0 Å². The van der Waals surface area contributed by atoms with Gasteiger partial charge in [-0.1, -0.05) is 32.0 Å². The fraction of sp³-hybridized carbons (Fsp3) is 0.357. The minimum atomic E-state index is 0.0979. The van der Waals surface area contributed by atoms with E-state index >= 15 is 0 Å². The third kappa shape index (κ3) is 1.87. The molecule has 0 fully saturated rings. The summed E-state index contributed by atoms with van der Waals surface area (Å²) in [6, 6.07) is 7.89. The molecular formula is C14H16O2. The summed E-state index contributed by atoms with van der Waals surface area (Å²) in [7, 11) is 0. The van der Waals surface area contributed by atoms with Crippen molar-refractivity contribution in [1.29, 1.82) is 0 Å². The first kappa shape index (κ1) is 10.9. The minimum Gasteiger partial charge on any atom is -0.453 e. The highest BCUT2D eigenvalue weighted by atomic mass is 16.3. The number of carbonyl (C=O) groups is 1. The van der Waals surface area contributed by atoms with Crippen LogP contribution in [0.1, 0.15) is 42.8 Å². The fourth-order valence-electron chi connectivity index (χ4n) is 1.89. The molecule has 0 aliphatic carbocycles. The number of benzene rings is 1. The van der Waals surface area contributed by atoms with Crippen LogP contribution in [0.4, 0.5) is 0 Å². The van der Waals surface area contributed by atoms with E-state index in [0.29, 0.717) is 12.2 Å². The molecule has 0 unspecified atom stereocenters. The number of furan rings is 1. The van der Waals surface area contributed by atoms with Gasteiger partial charge in [0, 0.05) is 11.8 Å². The largest absolute Gasteiger partial charge is 0.453 e. The van der Waals surface area contributed by atoms with E-state index < -0.39 is 0 Å². The third-order valence-corrected chi connectivity index (χ3v) is 2.76. The van der Waals surface area contributed by atoms with Crippen molar-refractivity contribution in [3.63, 3.8) is 0 Å². The fourth-order valence-corrected chi connectivity index (χ4v) is 1.89. The number of fused-ring (bicyclic) bond motifs is 1. The van der Waals surface area contributed by atoms with E-state index in [-0.39, 0.29) is 5.78 Å². The highest BCUT2D eigenvalue weighted by Gasteiger charge is 2.12. The molecule has 0 bridgehead atoms. The molecule has 1 aromatic carbocycles. The summed E-state index contributed by atoms with van der Waals surface area (Å²) < 4.78 is 5.65. The molecule has 0 aliphatic rings. The lowest BCUT2D eigenvalue weighted by Crippen LogP contribution is -1.94. The minimum absolute atomic E-state index is 0.0979. The van der Waals surface area contributed by atoms with Crippen LogP contribution in [0, 0.1) is 0 Å². The lowest BCUT2D eigenvalue weighted by atomic mass is 10.1. The first-order valence-electron chi connectivity index (χ1n) is 5.81. The molecule has 0 radical (unpaired) electrons. The Morgan fingerprint density at radius 2 is 2.12 bits per heavy atom. The molecule has 0 spiro atoms. The average molecular weight is 216 g/mol. The molecular weight excluding hydrogens is 200 g/mol. The van der Waals surface area contributed by atoms with Crippen molar-refractivity contribution < 1.29 is 9.21 Å². The van der Waals surface area contributed by atoms with Gasteiger partial charge in [-0.2, -0.15) is 0 Å². The zero-order valence-corrected chi connectivity index (χ0v) is 9.75. The van der Waals surface area contributed by atoms with Crippen molar-refractivity contribution in [1.82, 2.24) is 0 Å². The van der Waals surface area contributed by atoms with Crippen LogP contribution in [0.15, 0.2) is 28.7 Å². The van der Waals surface area contributed by atoms with Gasteiger partial charge < -0.3 is 4.42 Å². The second-order valence-corrected chi connectivity index (χ2v) is 3.97.